The fourth-order valence-corrected chi connectivity index (χ4v) is 3.85. The molecule has 2 aromatic carbocycles. The summed E-state index contributed by atoms with van der Waals surface area (Å²) in [6.45, 7) is 6.35. The molecule has 0 aliphatic carbocycles. The van der Waals surface area contributed by atoms with Crippen LogP contribution in [-0.4, -0.2) is 10.7 Å². The van der Waals surface area contributed by atoms with Crippen molar-refractivity contribution in [2.24, 2.45) is 11.8 Å². The van der Waals surface area contributed by atoms with E-state index in [4.69, 9.17) is 0 Å². The van der Waals surface area contributed by atoms with E-state index in [0.717, 1.165) is 0 Å². The summed E-state index contributed by atoms with van der Waals surface area (Å²) in [4.78, 5) is 0. The predicted octanol–water partition coefficient (Wildman–Crippen LogP) is 3.07. The first-order valence-electron chi connectivity index (χ1n) is 8.19. The number of hydrogen-bond donors (Lipinski definition) is 2. The Morgan fingerprint density at radius 1 is 0.773 bits per heavy atom. The molecule has 0 radical (unpaired) electrons. The van der Waals surface area contributed by atoms with Crippen LogP contribution in [0.15, 0.2) is 60.7 Å². The Bertz CT molecular complexity index is 555. The van der Waals surface area contributed by atoms with Crippen molar-refractivity contribution in [3.8, 4) is 0 Å². The van der Waals surface area contributed by atoms with Crippen molar-refractivity contribution >= 4 is 0 Å². The lowest BCUT2D eigenvalue weighted by molar-refractivity contribution is -0.763. The largest absolute Gasteiger partial charge is 0.389 e. The third kappa shape index (κ3) is 2.57. The van der Waals surface area contributed by atoms with Gasteiger partial charge in [0, 0.05) is 23.0 Å². The molecular formula is C20H26NO+. The van der Waals surface area contributed by atoms with Crippen molar-refractivity contribution in [1.29, 1.82) is 0 Å². The molecule has 0 unspecified atom stereocenters. The lowest BCUT2D eigenvalue weighted by Crippen LogP contribution is -2.93. The maximum absolute atomic E-state index is 11.2. The van der Waals surface area contributed by atoms with Crippen molar-refractivity contribution in [1.82, 2.24) is 0 Å². The molecule has 1 heterocycles. The number of piperidine rings is 1. The van der Waals surface area contributed by atoms with Crippen LogP contribution in [0.25, 0.3) is 0 Å². The van der Waals surface area contributed by atoms with Gasteiger partial charge in [0.2, 0.25) is 0 Å². The molecule has 2 heteroatoms. The minimum atomic E-state index is -0.685. The molecule has 1 aliphatic rings. The molecule has 0 saturated carbocycles. The zero-order valence-corrected chi connectivity index (χ0v) is 13.6. The molecule has 1 aliphatic heterocycles. The van der Waals surface area contributed by atoms with Gasteiger partial charge in [-0.3, -0.25) is 0 Å². The summed E-state index contributed by atoms with van der Waals surface area (Å²) < 4.78 is 0. The van der Waals surface area contributed by atoms with Gasteiger partial charge >= 0.3 is 0 Å². The molecule has 2 nitrogen and oxygen atoms in total. The molecule has 116 valence electrons. The maximum atomic E-state index is 11.2. The number of rotatable bonds is 2. The first kappa shape index (κ1) is 15.3. The van der Waals surface area contributed by atoms with Gasteiger partial charge in [-0.15, -0.1) is 0 Å². The monoisotopic (exact) mass is 296 g/mol. The Morgan fingerprint density at radius 2 is 1.14 bits per heavy atom. The van der Waals surface area contributed by atoms with E-state index in [1.54, 1.807) is 0 Å². The van der Waals surface area contributed by atoms with E-state index in [2.05, 4.69) is 67.7 Å². The minimum Gasteiger partial charge on any atom is -0.389 e. The van der Waals surface area contributed by atoms with Crippen LogP contribution in [0, 0.1) is 11.8 Å². The average Bonchev–Trinajstić information content (AvgIpc) is 2.55. The zero-order valence-electron chi connectivity index (χ0n) is 13.6. The van der Waals surface area contributed by atoms with Gasteiger partial charge in [0.05, 0.1) is 5.60 Å². The lowest BCUT2D eigenvalue weighted by atomic mass is 9.67. The Morgan fingerprint density at radius 3 is 1.50 bits per heavy atom. The van der Waals surface area contributed by atoms with E-state index in [9.17, 15) is 5.11 Å². The quantitative estimate of drug-likeness (QED) is 0.878. The topological polar surface area (TPSA) is 36.8 Å². The van der Waals surface area contributed by atoms with Gasteiger partial charge < -0.3 is 10.4 Å². The highest BCUT2D eigenvalue weighted by Crippen LogP contribution is 2.42. The van der Waals surface area contributed by atoms with Gasteiger partial charge in [0.1, 0.15) is 12.1 Å². The summed E-state index contributed by atoms with van der Waals surface area (Å²) in [6, 6.07) is 21.7. The summed E-state index contributed by atoms with van der Waals surface area (Å²) in [6.07, 6.45) is 0. The van der Waals surface area contributed by atoms with Crippen molar-refractivity contribution < 1.29 is 10.4 Å². The van der Waals surface area contributed by atoms with Crippen LogP contribution in [0.3, 0.4) is 0 Å². The van der Waals surface area contributed by atoms with E-state index in [1.165, 1.54) is 11.1 Å². The van der Waals surface area contributed by atoms with Crippen LogP contribution in [-0.2, 0) is 0 Å². The molecule has 4 atom stereocenters. The average molecular weight is 296 g/mol. The van der Waals surface area contributed by atoms with Crippen LogP contribution >= 0.6 is 0 Å². The Labute approximate surface area is 133 Å². The van der Waals surface area contributed by atoms with Crippen LogP contribution in [0.5, 0.6) is 0 Å². The second-order valence-electron chi connectivity index (χ2n) is 6.87. The lowest BCUT2D eigenvalue weighted by Gasteiger charge is -2.47. The SMILES string of the molecule is C[C@H]1[C@@H](c2ccccc2)[NH2+][C@H](c2ccccc2)[C@H](C)C1(C)O. The van der Waals surface area contributed by atoms with Crippen LogP contribution < -0.4 is 5.32 Å². The third-order valence-electron chi connectivity index (χ3n) is 5.70. The molecule has 0 amide bonds. The highest BCUT2D eigenvalue weighted by Gasteiger charge is 2.51. The molecule has 0 aromatic heterocycles. The molecule has 2 aromatic rings. The fourth-order valence-electron chi connectivity index (χ4n) is 3.85. The van der Waals surface area contributed by atoms with Gasteiger partial charge in [0.15, 0.2) is 0 Å². The first-order valence-corrected chi connectivity index (χ1v) is 8.19. The second-order valence-corrected chi connectivity index (χ2v) is 6.87. The normalized spacial score (nSPS) is 35.3. The zero-order chi connectivity index (χ0) is 15.7. The molecular weight excluding hydrogens is 270 g/mol. The maximum Gasteiger partial charge on any atom is 0.117 e. The number of quaternary nitrogens is 1. The third-order valence-corrected chi connectivity index (χ3v) is 5.70. The highest BCUT2D eigenvalue weighted by atomic mass is 16.3. The smallest absolute Gasteiger partial charge is 0.117 e. The molecule has 0 spiro atoms. The van der Waals surface area contributed by atoms with E-state index in [0.29, 0.717) is 0 Å². The summed E-state index contributed by atoms with van der Waals surface area (Å²) >= 11 is 0. The van der Waals surface area contributed by atoms with Gasteiger partial charge in [-0.25, -0.2) is 0 Å². The number of hydrogen-bond acceptors (Lipinski definition) is 1. The van der Waals surface area contributed by atoms with E-state index >= 15 is 0 Å². The highest BCUT2D eigenvalue weighted by molar-refractivity contribution is 5.23. The van der Waals surface area contributed by atoms with Crippen LogP contribution in [0.2, 0.25) is 0 Å². The predicted molar refractivity (Wildman–Crippen MR) is 89.2 cm³/mol. The summed E-state index contributed by atoms with van der Waals surface area (Å²) in [5, 5.41) is 13.6. The standard InChI is InChI=1S/C20H25NO/c1-14-18(16-10-6-4-7-11-16)21-19(15(2)20(14,3)22)17-12-8-5-9-13-17/h4-15,18-19,21-22H,1-3H3/p+1/t14-,15-,18-,19-/m0/s1. The van der Waals surface area contributed by atoms with E-state index in [1.807, 2.05) is 19.1 Å². The molecule has 1 saturated heterocycles. The Hall–Kier alpha value is -1.64. The molecule has 22 heavy (non-hydrogen) atoms. The molecule has 0 bridgehead atoms. The number of aliphatic hydroxyl groups is 1. The van der Waals surface area contributed by atoms with Crippen LogP contribution in [0.4, 0.5) is 0 Å². The second kappa shape index (κ2) is 5.86. The minimum absolute atomic E-state index is 0.199. The van der Waals surface area contributed by atoms with Crippen molar-refractivity contribution in [3.05, 3.63) is 71.8 Å². The van der Waals surface area contributed by atoms with E-state index in [-0.39, 0.29) is 23.9 Å². The molecule has 3 N–H and O–H groups in total. The van der Waals surface area contributed by atoms with Gasteiger partial charge in [-0.2, -0.15) is 0 Å². The molecule has 3 rings (SSSR count). The van der Waals surface area contributed by atoms with Crippen molar-refractivity contribution in [3.63, 3.8) is 0 Å². The van der Waals surface area contributed by atoms with Crippen molar-refractivity contribution in [2.75, 3.05) is 0 Å². The number of nitrogens with two attached hydrogens (primary N) is 1. The fraction of sp³-hybridized carbons (Fsp3) is 0.400. The number of benzene rings is 2. The van der Waals surface area contributed by atoms with Gasteiger partial charge in [-0.05, 0) is 6.92 Å². The Balaban J connectivity index is 1.99. The summed E-state index contributed by atoms with van der Waals surface area (Å²) in [7, 11) is 0. The van der Waals surface area contributed by atoms with Crippen LogP contribution in [0.1, 0.15) is 44.0 Å². The van der Waals surface area contributed by atoms with Crippen molar-refractivity contribution in [2.45, 2.75) is 38.5 Å². The molecule has 1 fully saturated rings. The van der Waals surface area contributed by atoms with E-state index < -0.39 is 5.60 Å². The first-order chi connectivity index (χ1) is 10.5. The summed E-state index contributed by atoms with van der Waals surface area (Å²) in [5.41, 5.74) is 1.90. The summed E-state index contributed by atoms with van der Waals surface area (Å²) in [5.74, 6) is 0.398. The Kier molecular flexibility index (Phi) is 4.07. The van der Waals surface area contributed by atoms with Gasteiger partial charge in [-0.1, -0.05) is 74.5 Å². The van der Waals surface area contributed by atoms with Gasteiger partial charge in [0.25, 0.3) is 0 Å².